The predicted molar refractivity (Wildman–Crippen MR) is 134 cm³/mol. The summed E-state index contributed by atoms with van der Waals surface area (Å²) in [6.45, 7) is 3.96. The second-order valence-corrected chi connectivity index (χ2v) is 9.17. The van der Waals surface area contributed by atoms with Crippen LogP contribution in [0.4, 0.5) is 11.4 Å². The summed E-state index contributed by atoms with van der Waals surface area (Å²) in [7, 11) is 0. The molecule has 0 aliphatic rings. The third kappa shape index (κ3) is 3.78. The highest BCUT2D eigenvalue weighted by atomic mass is 35.5. The summed E-state index contributed by atoms with van der Waals surface area (Å²) in [5.74, 6) is -0.439. The molecule has 2 aromatic heterocycles. The van der Waals surface area contributed by atoms with Crippen LogP contribution in [0.3, 0.4) is 0 Å². The normalized spacial score (nSPS) is 11.3. The molecule has 34 heavy (non-hydrogen) atoms. The number of aromatic nitrogens is 3. The number of halogens is 1. The number of nitrogens with zero attached hydrogens (tertiary/aromatic N) is 4. The first-order valence-electron chi connectivity index (χ1n) is 10.5. The van der Waals surface area contributed by atoms with E-state index in [1.165, 1.54) is 11.6 Å². The Kier molecular flexibility index (Phi) is 5.51. The highest BCUT2D eigenvalue weighted by molar-refractivity contribution is 7.22. The van der Waals surface area contributed by atoms with Crippen molar-refractivity contribution in [2.45, 2.75) is 20.3 Å². The highest BCUT2D eigenvalue weighted by Gasteiger charge is 2.23. The maximum atomic E-state index is 13.1. The van der Waals surface area contributed by atoms with Gasteiger partial charge in [-0.15, -0.1) is 21.5 Å². The fraction of sp³-hybridized carbons (Fsp3) is 0.125. The number of non-ortho nitro benzene ring substituents is 1. The number of hydrogen-bond donors (Lipinski definition) is 1. The van der Waals surface area contributed by atoms with Gasteiger partial charge in [0.1, 0.15) is 20.6 Å². The van der Waals surface area contributed by atoms with Crippen molar-refractivity contribution in [2.24, 2.45) is 0 Å². The summed E-state index contributed by atoms with van der Waals surface area (Å²) in [5.41, 5.74) is 4.68. The molecule has 1 N–H and O–H groups in total. The van der Waals surface area contributed by atoms with Gasteiger partial charge in [0.2, 0.25) is 0 Å². The molecule has 0 saturated heterocycles. The molecule has 170 valence electrons. The molecule has 0 aliphatic heterocycles. The highest BCUT2D eigenvalue weighted by Crippen LogP contribution is 2.40. The van der Waals surface area contributed by atoms with E-state index >= 15 is 0 Å². The predicted octanol–water partition coefficient (Wildman–Crippen LogP) is 6.32. The maximum Gasteiger partial charge on any atom is 0.287 e. The molecule has 8 nitrogen and oxygen atoms in total. The molecule has 0 aliphatic carbocycles. The van der Waals surface area contributed by atoms with Crippen molar-refractivity contribution in [3.63, 3.8) is 0 Å². The quantitative estimate of drug-likeness (QED) is 0.229. The molecule has 0 saturated carbocycles. The SMILES string of the molecule is CCc1ccc(-n2nc3cc(C)c(NC(=O)c4sc5c([N+](=O)[O-])cccc5c4Cl)cc3n2)cc1. The van der Waals surface area contributed by atoms with Crippen molar-refractivity contribution in [3.8, 4) is 5.69 Å². The van der Waals surface area contributed by atoms with Crippen LogP contribution in [0, 0.1) is 17.0 Å². The van der Waals surface area contributed by atoms with Gasteiger partial charge < -0.3 is 5.32 Å². The van der Waals surface area contributed by atoms with E-state index in [1.807, 2.05) is 37.3 Å². The Morgan fingerprint density at radius 2 is 1.85 bits per heavy atom. The van der Waals surface area contributed by atoms with Crippen LogP contribution in [0.2, 0.25) is 5.02 Å². The Balaban J connectivity index is 1.48. The second kappa shape index (κ2) is 8.51. The molecule has 5 rings (SSSR count). The zero-order chi connectivity index (χ0) is 24.0. The smallest absolute Gasteiger partial charge is 0.287 e. The molecular formula is C24H18ClN5O3S. The van der Waals surface area contributed by atoms with E-state index in [0.29, 0.717) is 26.8 Å². The van der Waals surface area contributed by atoms with Gasteiger partial charge >= 0.3 is 0 Å². The number of carbonyl (C=O) groups excluding carboxylic acids is 1. The van der Waals surface area contributed by atoms with E-state index < -0.39 is 10.8 Å². The Labute approximate surface area is 202 Å². The molecule has 0 radical (unpaired) electrons. The first-order chi connectivity index (χ1) is 16.4. The minimum atomic E-state index is -0.478. The van der Waals surface area contributed by atoms with Crippen molar-refractivity contribution in [2.75, 3.05) is 5.32 Å². The summed E-state index contributed by atoms with van der Waals surface area (Å²) in [6, 6.07) is 16.2. The van der Waals surface area contributed by atoms with Crippen LogP contribution in [0.15, 0.2) is 54.6 Å². The lowest BCUT2D eigenvalue weighted by atomic mass is 10.1. The number of thiophene rings is 1. The molecular weight excluding hydrogens is 474 g/mol. The van der Waals surface area contributed by atoms with Gasteiger partial charge in [-0.1, -0.05) is 42.8 Å². The minimum absolute atomic E-state index is 0.0790. The van der Waals surface area contributed by atoms with Gasteiger partial charge in [-0.25, -0.2) is 0 Å². The van der Waals surface area contributed by atoms with Crippen molar-refractivity contribution in [1.29, 1.82) is 0 Å². The van der Waals surface area contributed by atoms with Gasteiger partial charge in [0, 0.05) is 17.1 Å². The number of rotatable bonds is 5. The van der Waals surface area contributed by atoms with Gasteiger partial charge in [-0.3, -0.25) is 14.9 Å². The van der Waals surface area contributed by atoms with Gasteiger partial charge in [-0.2, -0.15) is 4.80 Å². The van der Waals surface area contributed by atoms with E-state index in [2.05, 4.69) is 22.4 Å². The first kappa shape index (κ1) is 22.0. The van der Waals surface area contributed by atoms with Crippen LogP contribution in [-0.2, 0) is 6.42 Å². The number of benzene rings is 3. The lowest BCUT2D eigenvalue weighted by Crippen LogP contribution is -2.11. The summed E-state index contributed by atoms with van der Waals surface area (Å²) < 4.78 is 0.367. The van der Waals surface area contributed by atoms with E-state index in [9.17, 15) is 14.9 Å². The number of nitro benzene ring substituents is 1. The molecule has 0 spiro atoms. The van der Waals surface area contributed by atoms with Crippen LogP contribution in [0.25, 0.3) is 26.8 Å². The summed E-state index contributed by atoms with van der Waals surface area (Å²) in [4.78, 5) is 25.7. The van der Waals surface area contributed by atoms with Gasteiger partial charge in [0.15, 0.2) is 0 Å². The van der Waals surface area contributed by atoms with Crippen molar-refractivity contribution < 1.29 is 9.72 Å². The van der Waals surface area contributed by atoms with Crippen LogP contribution in [0.5, 0.6) is 0 Å². The van der Waals surface area contributed by atoms with Crippen molar-refractivity contribution >= 4 is 61.3 Å². The summed E-state index contributed by atoms with van der Waals surface area (Å²) in [6.07, 6.45) is 0.953. The lowest BCUT2D eigenvalue weighted by Gasteiger charge is -2.07. The fourth-order valence-corrected chi connectivity index (χ4v) is 5.22. The number of carbonyl (C=O) groups is 1. The average Bonchev–Trinajstić information content (AvgIpc) is 3.40. The largest absolute Gasteiger partial charge is 0.321 e. The number of nitrogens with one attached hydrogen (secondary N) is 1. The summed E-state index contributed by atoms with van der Waals surface area (Å²) >= 11 is 7.43. The summed E-state index contributed by atoms with van der Waals surface area (Å²) in [5, 5.41) is 24.0. The standard InChI is InChI=1S/C24H18ClN5O3S/c1-3-14-7-9-15(10-8-14)29-27-18-11-13(2)17(12-19(18)28-29)26-24(31)23-21(25)16-5-4-6-20(30(32)33)22(16)34-23/h4-12H,3H2,1-2H3,(H,26,31). The first-order valence-corrected chi connectivity index (χ1v) is 11.7. The van der Waals surface area contributed by atoms with Crippen molar-refractivity contribution in [1.82, 2.24) is 15.0 Å². The third-order valence-electron chi connectivity index (χ3n) is 5.59. The average molecular weight is 492 g/mol. The number of anilines is 1. The van der Waals surface area contributed by atoms with Crippen LogP contribution in [-0.4, -0.2) is 25.8 Å². The number of aryl methyl sites for hydroxylation is 2. The number of fused-ring (bicyclic) bond motifs is 2. The minimum Gasteiger partial charge on any atom is -0.321 e. The lowest BCUT2D eigenvalue weighted by molar-refractivity contribution is -0.382. The van der Waals surface area contributed by atoms with Crippen LogP contribution in [0.1, 0.15) is 27.7 Å². The number of amides is 1. The van der Waals surface area contributed by atoms with E-state index in [0.717, 1.165) is 29.0 Å². The zero-order valence-electron chi connectivity index (χ0n) is 18.2. The number of hydrogen-bond acceptors (Lipinski definition) is 6. The molecule has 3 aromatic carbocycles. The Bertz CT molecular complexity index is 1590. The van der Waals surface area contributed by atoms with E-state index in [1.54, 1.807) is 23.0 Å². The Morgan fingerprint density at radius 1 is 1.15 bits per heavy atom. The Hall–Kier alpha value is -3.82. The fourth-order valence-electron chi connectivity index (χ4n) is 3.73. The van der Waals surface area contributed by atoms with E-state index in [4.69, 9.17) is 11.6 Å². The molecule has 10 heteroatoms. The molecule has 0 atom stereocenters. The van der Waals surface area contributed by atoms with Crippen LogP contribution < -0.4 is 5.32 Å². The zero-order valence-corrected chi connectivity index (χ0v) is 19.8. The molecule has 0 unspecified atom stereocenters. The number of nitro groups is 1. The van der Waals surface area contributed by atoms with E-state index in [-0.39, 0.29) is 15.6 Å². The molecule has 5 aromatic rings. The molecule has 2 heterocycles. The van der Waals surface area contributed by atoms with Gasteiger partial charge in [0.25, 0.3) is 11.6 Å². The third-order valence-corrected chi connectivity index (χ3v) is 7.32. The van der Waals surface area contributed by atoms with Gasteiger partial charge in [-0.05, 0) is 48.7 Å². The Morgan fingerprint density at radius 3 is 2.53 bits per heavy atom. The monoisotopic (exact) mass is 491 g/mol. The second-order valence-electron chi connectivity index (χ2n) is 7.78. The molecule has 0 bridgehead atoms. The van der Waals surface area contributed by atoms with Crippen LogP contribution >= 0.6 is 22.9 Å². The molecule has 0 fully saturated rings. The van der Waals surface area contributed by atoms with Crippen molar-refractivity contribution in [3.05, 3.63) is 85.7 Å². The maximum absolute atomic E-state index is 13.1. The topological polar surface area (TPSA) is 103 Å². The van der Waals surface area contributed by atoms with Gasteiger partial charge in [0.05, 0.1) is 15.6 Å². The molecule has 1 amide bonds.